The van der Waals surface area contributed by atoms with E-state index in [4.69, 9.17) is 0 Å². The maximum absolute atomic E-state index is 9.30. The number of hydrogen-bond donors (Lipinski definition) is 1. The Morgan fingerprint density at radius 1 is 1.00 bits per heavy atom. The first-order chi connectivity index (χ1) is 11.7. The fourth-order valence-corrected chi connectivity index (χ4v) is 3.35. The van der Waals surface area contributed by atoms with Gasteiger partial charge in [-0.1, -0.05) is 54.1 Å². The van der Waals surface area contributed by atoms with E-state index in [1.807, 2.05) is 12.1 Å². The van der Waals surface area contributed by atoms with Crippen LogP contribution in [0.25, 0.3) is 6.08 Å². The highest BCUT2D eigenvalue weighted by Crippen LogP contribution is 2.22. The van der Waals surface area contributed by atoms with E-state index in [1.165, 1.54) is 43.5 Å². The molecule has 2 heteroatoms. The zero-order valence-electron chi connectivity index (χ0n) is 14.5. The summed E-state index contributed by atoms with van der Waals surface area (Å²) in [6, 6.07) is 16.4. The Morgan fingerprint density at radius 2 is 1.67 bits per heavy atom. The Kier molecular flexibility index (Phi) is 5.71. The number of phenols is 1. The van der Waals surface area contributed by atoms with Crippen LogP contribution in [-0.4, -0.2) is 29.6 Å². The molecule has 1 saturated heterocycles. The van der Waals surface area contributed by atoms with Gasteiger partial charge in [-0.25, -0.2) is 0 Å². The third-order valence-electron chi connectivity index (χ3n) is 4.92. The molecule has 0 radical (unpaired) electrons. The van der Waals surface area contributed by atoms with Crippen molar-refractivity contribution < 1.29 is 5.11 Å². The van der Waals surface area contributed by atoms with Crippen LogP contribution in [0.15, 0.2) is 54.6 Å². The van der Waals surface area contributed by atoms with Crippen LogP contribution in [0.4, 0.5) is 0 Å². The quantitative estimate of drug-likeness (QED) is 0.865. The Balaban J connectivity index is 1.41. The van der Waals surface area contributed by atoms with Gasteiger partial charge < -0.3 is 5.11 Å². The molecule has 0 spiro atoms. The predicted molar refractivity (Wildman–Crippen MR) is 101 cm³/mol. The maximum atomic E-state index is 9.30. The molecule has 2 aromatic carbocycles. The summed E-state index contributed by atoms with van der Waals surface area (Å²) in [6.07, 6.45) is 8.17. The van der Waals surface area contributed by atoms with Crippen molar-refractivity contribution >= 4 is 6.08 Å². The molecular weight excluding hydrogens is 294 g/mol. The first kappa shape index (κ1) is 16.8. The first-order valence-corrected chi connectivity index (χ1v) is 8.92. The van der Waals surface area contributed by atoms with Gasteiger partial charge in [-0.2, -0.15) is 0 Å². The zero-order chi connectivity index (χ0) is 16.8. The van der Waals surface area contributed by atoms with Gasteiger partial charge in [0.1, 0.15) is 5.75 Å². The highest BCUT2D eigenvalue weighted by Gasteiger charge is 2.18. The molecule has 0 amide bonds. The van der Waals surface area contributed by atoms with Crippen LogP contribution in [0.3, 0.4) is 0 Å². The second-order valence-electron chi connectivity index (χ2n) is 6.93. The lowest BCUT2D eigenvalue weighted by Gasteiger charge is -2.31. The summed E-state index contributed by atoms with van der Waals surface area (Å²) in [5.41, 5.74) is 3.96. The summed E-state index contributed by atoms with van der Waals surface area (Å²) in [4.78, 5) is 2.53. The van der Waals surface area contributed by atoms with Crippen molar-refractivity contribution in [2.24, 2.45) is 5.92 Å². The van der Waals surface area contributed by atoms with Gasteiger partial charge >= 0.3 is 0 Å². The van der Waals surface area contributed by atoms with E-state index >= 15 is 0 Å². The van der Waals surface area contributed by atoms with Crippen LogP contribution in [-0.2, 0) is 6.42 Å². The highest BCUT2D eigenvalue weighted by atomic mass is 16.3. The molecular formula is C22H27NO. The van der Waals surface area contributed by atoms with Crippen molar-refractivity contribution in [2.75, 3.05) is 19.6 Å². The van der Waals surface area contributed by atoms with Gasteiger partial charge in [-0.05, 0) is 68.5 Å². The summed E-state index contributed by atoms with van der Waals surface area (Å²) in [6.45, 7) is 5.54. The molecule has 3 rings (SSSR count). The molecule has 2 aromatic rings. The lowest BCUT2D eigenvalue weighted by atomic mass is 9.90. The minimum absolute atomic E-state index is 0.322. The number of likely N-dealkylation sites (tertiary alicyclic amines) is 1. The van der Waals surface area contributed by atoms with Crippen LogP contribution in [0.2, 0.25) is 0 Å². The molecule has 24 heavy (non-hydrogen) atoms. The molecule has 2 nitrogen and oxygen atoms in total. The van der Waals surface area contributed by atoms with Crippen molar-refractivity contribution in [3.63, 3.8) is 0 Å². The number of benzene rings is 2. The number of aryl methyl sites for hydroxylation is 1. The third-order valence-corrected chi connectivity index (χ3v) is 4.92. The normalized spacial score (nSPS) is 16.7. The summed E-state index contributed by atoms with van der Waals surface area (Å²) >= 11 is 0. The Morgan fingerprint density at radius 3 is 2.33 bits per heavy atom. The monoisotopic (exact) mass is 321 g/mol. The number of nitrogens with zero attached hydrogens (tertiary/aromatic N) is 1. The minimum Gasteiger partial charge on any atom is -0.508 e. The SMILES string of the molecule is Cc1ccc(CC2CCN(C/C=C/c3ccc(O)cc3)CC2)cc1. The minimum atomic E-state index is 0.322. The third kappa shape index (κ3) is 4.97. The average Bonchev–Trinajstić information content (AvgIpc) is 2.60. The summed E-state index contributed by atoms with van der Waals surface area (Å²) in [5, 5.41) is 9.30. The van der Waals surface area contributed by atoms with E-state index in [0.717, 1.165) is 18.0 Å². The van der Waals surface area contributed by atoms with Crippen molar-refractivity contribution in [3.05, 3.63) is 71.3 Å². The van der Waals surface area contributed by atoms with Gasteiger partial charge in [-0.15, -0.1) is 0 Å². The van der Waals surface area contributed by atoms with E-state index in [0.29, 0.717) is 5.75 Å². The van der Waals surface area contributed by atoms with Gasteiger partial charge in [0.25, 0.3) is 0 Å². The van der Waals surface area contributed by atoms with Crippen LogP contribution < -0.4 is 0 Å². The summed E-state index contributed by atoms with van der Waals surface area (Å²) in [5.74, 6) is 1.15. The van der Waals surface area contributed by atoms with Crippen molar-refractivity contribution in [3.8, 4) is 5.75 Å². The van der Waals surface area contributed by atoms with Gasteiger partial charge in [0.05, 0.1) is 0 Å². The molecule has 1 N–H and O–H groups in total. The molecule has 1 heterocycles. The molecule has 0 unspecified atom stereocenters. The number of phenolic OH excluding ortho intramolecular Hbond substituents is 1. The molecule has 0 atom stereocenters. The van der Waals surface area contributed by atoms with E-state index in [9.17, 15) is 5.11 Å². The van der Waals surface area contributed by atoms with Crippen molar-refractivity contribution in [1.29, 1.82) is 0 Å². The fraction of sp³-hybridized carbons (Fsp3) is 0.364. The Hall–Kier alpha value is -2.06. The second kappa shape index (κ2) is 8.16. The molecule has 0 aromatic heterocycles. The molecule has 1 aliphatic rings. The maximum Gasteiger partial charge on any atom is 0.115 e. The van der Waals surface area contributed by atoms with Gasteiger partial charge in [0, 0.05) is 6.54 Å². The van der Waals surface area contributed by atoms with E-state index in [-0.39, 0.29) is 0 Å². The number of hydrogen-bond acceptors (Lipinski definition) is 2. The number of rotatable bonds is 5. The predicted octanol–water partition coefficient (Wildman–Crippen LogP) is 4.67. The first-order valence-electron chi connectivity index (χ1n) is 8.92. The molecule has 0 aliphatic carbocycles. The van der Waals surface area contributed by atoms with E-state index in [1.54, 1.807) is 12.1 Å². The smallest absolute Gasteiger partial charge is 0.115 e. The van der Waals surface area contributed by atoms with Crippen LogP contribution in [0.1, 0.15) is 29.5 Å². The second-order valence-corrected chi connectivity index (χ2v) is 6.93. The molecule has 1 aliphatic heterocycles. The van der Waals surface area contributed by atoms with Gasteiger partial charge in [0.15, 0.2) is 0 Å². The van der Waals surface area contributed by atoms with Crippen molar-refractivity contribution in [2.45, 2.75) is 26.2 Å². The number of aromatic hydroxyl groups is 1. The lowest BCUT2D eigenvalue weighted by molar-refractivity contribution is 0.200. The fourth-order valence-electron chi connectivity index (χ4n) is 3.35. The highest BCUT2D eigenvalue weighted by molar-refractivity contribution is 5.50. The molecule has 126 valence electrons. The Labute approximate surface area is 145 Å². The van der Waals surface area contributed by atoms with Gasteiger partial charge in [-0.3, -0.25) is 4.90 Å². The van der Waals surface area contributed by atoms with Crippen LogP contribution in [0, 0.1) is 12.8 Å². The van der Waals surface area contributed by atoms with Crippen LogP contribution >= 0.6 is 0 Å². The summed E-state index contributed by atoms with van der Waals surface area (Å²) in [7, 11) is 0. The molecule has 0 saturated carbocycles. The largest absolute Gasteiger partial charge is 0.508 e. The number of piperidine rings is 1. The van der Waals surface area contributed by atoms with Crippen LogP contribution in [0.5, 0.6) is 5.75 Å². The Bertz CT molecular complexity index is 649. The van der Waals surface area contributed by atoms with Crippen molar-refractivity contribution in [1.82, 2.24) is 4.90 Å². The lowest BCUT2D eigenvalue weighted by Crippen LogP contribution is -2.34. The van der Waals surface area contributed by atoms with E-state index in [2.05, 4.69) is 48.2 Å². The molecule has 0 bridgehead atoms. The topological polar surface area (TPSA) is 23.5 Å². The zero-order valence-corrected chi connectivity index (χ0v) is 14.5. The standard InChI is InChI=1S/C22H27NO/c1-18-4-6-20(7-5-18)17-21-12-15-23(16-13-21)14-2-3-19-8-10-22(24)11-9-19/h2-11,21,24H,12-17H2,1H3/b3-2+. The van der Waals surface area contributed by atoms with Gasteiger partial charge in [0.2, 0.25) is 0 Å². The average molecular weight is 321 g/mol. The summed E-state index contributed by atoms with van der Waals surface area (Å²) < 4.78 is 0. The van der Waals surface area contributed by atoms with E-state index < -0.39 is 0 Å². The molecule has 1 fully saturated rings.